The quantitative estimate of drug-likeness (QED) is 0.707. The zero-order chi connectivity index (χ0) is 18.4. The Morgan fingerprint density at radius 1 is 1.00 bits per heavy atom. The van der Waals surface area contributed by atoms with Crippen molar-refractivity contribution in [1.82, 2.24) is 0 Å². The monoisotopic (exact) mass is 347 g/mol. The minimum Gasteiger partial charge on any atom is -0.298 e. The van der Waals surface area contributed by atoms with Crippen LogP contribution in [0, 0.1) is 5.92 Å². The molecule has 2 atom stereocenters. The summed E-state index contributed by atoms with van der Waals surface area (Å²) < 4.78 is 0. The summed E-state index contributed by atoms with van der Waals surface area (Å²) in [5.41, 5.74) is 3.00. The van der Waals surface area contributed by atoms with E-state index in [-0.39, 0.29) is 17.5 Å². The van der Waals surface area contributed by atoms with Crippen molar-refractivity contribution in [3.8, 4) is 0 Å². The van der Waals surface area contributed by atoms with E-state index in [1.807, 2.05) is 55.5 Å². The molecule has 0 aliphatic heterocycles. The van der Waals surface area contributed by atoms with Crippen LogP contribution in [0.4, 0.5) is 0 Å². The van der Waals surface area contributed by atoms with Crippen molar-refractivity contribution >= 4 is 17.3 Å². The first-order valence-corrected chi connectivity index (χ1v) is 9.36. The molecule has 0 aromatic heterocycles. The minimum atomic E-state index is -0.640. The summed E-state index contributed by atoms with van der Waals surface area (Å²) in [4.78, 5) is 30.1. The van der Waals surface area contributed by atoms with Crippen LogP contribution in [0.1, 0.15) is 49.7 Å². The van der Waals surface area contributed by atoms with Gasteiger partial charge in [-0.15, -0.1) is 0 Å². The van der Waals surface area contributed by atoms with Crippen LogP contribution < -0.4 is 0 Å². The zero-order valence-corrected chi connectivity index (χ0v) is 15.2. The van der Waals surface area contributed by atoms with E-state index in [1.54, 1.807) is 0 Å². The van der Waals surface area contributed by atoms with Crippen molar-refractivity contribution in [2.45, 2.75) is 45.1 Å². The number of Topliss-reactive ketones (excluding diaryl/α,β-unsaturated/α-hetero) is 2. The highest BCUT2D eigenvalue weighted by molar-refractivity contribution is 6.22. The molecular formula is C23H25NO2. The Morgan fingerprint density at radius 3 is 2.31 bits per heavy atom. The second kappa shape index (κ2) is 8.70. The number of rotatable bonds is 6. The lowest BCUT2D eigenvalue weighted by Gasteiger charge is -2.29. The molecule has 0 bridgehead atoms. The van der Waals surface area contributed by atoms with Crippen molar-refractivity contribution < 1.29 is 9.59 Å². The predicted molar refractivity (Wildman–Crippen MR) is 104 cm³/mol. The lowest BCUT2D eigenvalue weighted by atomic mass is 9.74. The van der Waals surface area contributed by atoms with Crippen LogP contribution in [0.2, 0.25) is 0 Å². The number of nitrogens with zero attached hydrogens (tertiary/aromatic N) is 1. The van der Waals surface area contributed by atoms with Crippen molar-refractivity contribution in [2.75, 3.05) is 0 Å². The molecule has 1 saturated carbocycles. The van der Waals surface area contributed by atoms with Crippen molar-refractivity contribution in [1.29, 1.82) is 0 Å². The van der Waals surface area contributed by atoms with Crippen LogP contribution in [-0.4, -0.2) is 17.3 Å². The zero-order valence-electron chi connectivity index (χ0n) is 15.2. The first kappa shape index (κ1) is 18.2. The van der Waals surface area contributed by atoms with Gasteiger partial charge in [0.25, 0.3) is 0 Å². The molecule has 0 amide bonds. The van der Waals surface area contributed by atoms with Crippen molar-refractivity contribution in [3.63, 3.8) is 0 Å². The van der Waals surface area contributed by atoms with Gasteiger partial charge in [-0.3, -0.25) is 14.6 Å². The van der Waals surface area contributed by atoms with Crippen LogP contribution in [0.3, 0.4) is 0 Å². The second-order valence-corrected chi connectivity index (χ2v) is 6.92. The summed E-state index contributed by atoms with van der Waals surface area (Å²) in [7, 11) is 0. The van der Waals surface area contributed by atoms with E-state index in [1.165, 1.54) is 0 Å². The summed E-state index contributed by atoms with van der Waals surface area (Å²) >= 11 is 0. The van der Waals surface area contributed by atoms with Gasteiger partial charge in [-0.1, -0.05) is 67.6 Å². The van der Waals surface area contributed by atoms with Gasteiger partial charge in [0.1, 0.15) is 17.5 Å². The number of benzene rings is 2. The molecule has 3 nitrogen and oxygen atoms in total. The Hall–Kier alpha value is -2.55. The first-order chi connectivity index (χ1) is 12.7. The Balaban J connectivity index is 1.87. The third-order valence-electron chi connectivity index (χ3n) is 4.96. The molecule has 0 unspecified atom stereocenters. The van der Waals surface area contributed by atoms with Crippen LogP contribution in [0.15, 0.2) is 65.7 Å². The highest BCUT2D eigenvalue weighted by Gasteiger charge is 2.38. The van der Waals surface area contributed by atoms with E-state index in [0.29, 0.717) is 25.8 Å². The van der Waals surface area contributed by atoms with E-state index < -0.39 is 5.92 Å². The van der Waals surface area contributed by atoms with Gasteiger partial charge in [-0.05, 0) is 29.9 Å². The summed E-state index contributed by atoms with van der Waals surface area (Å²) in [6.07, 6.45) is 2.31. The minimum absolute atomic E-state index is 0.0235. The van der Waals surface area contributed by atoms with Gasteiger partial charge in [0.2, 0.25) is 0 Å². The molecular weight excluding hydrogens is 322 g/mol. The first-order valence-electron chi connectivity index (χ1n) is 9.36. The maximum atomic E-state index is 12.8. The summed E-state index contributed by atoms with van der Waals surface area (Å²) in [5, 5.41) is 0. The molecule has 0 saturated heterocycles. The molecule has 1 aliphatic rings. The fraction of sp³-hybridized carbons (Fsp3) is 0.348. The van der Waals surface area contributed by atoms with Crippen LogP contribution in [-0.2, 0) is 16.1 Å². The number of ketones is 2. The third-order valence-corrected chi connectivity index (χ3v) is 4.96. The number of hydrogen-bond acceptors (Lipinski definition) is 3. The predicted octanol–water partition coefficient (Wildman–Crippen LogP) is 4.76. The Labute approximate surface area is 155 Å². The van der Waals surface area contributed by atoms with Gasteiger partial charge in [0.05, 0.1) is 6.54 Å². The maximum absolute atomic E-state index is 12.8. The summed E-state index contributed by atoms with van der Waals surface area (Å²) in [6, 6.07) is 20.1. The summed E-state index contributed by atoms with van der Waals surface area (Å²) in [6.45, 7) is 2.49. The van der Waals surface area contributed by atoms with Crippen LogP contribution >= 0.6 is 0 Å². The van der Waals surface area contributed by atoms with Gasteiger partial charge in [-0.25, -0.2) is 0 Å². The Bertz CT molecular complexity index is 780. The second-order valence-electron chi connectivity index (χ2n) is 6.92. The molecule has 26 heavy (non-hydrogen) atoms. The normalized spacial score (nSPS) is 21.7. The van der Waals surface area contributed by atoms with Crippen LogP contribution in [0.5, 0.6) is 0 Å². The van der Waals surface area contributed by atoms with Gasteiger partial charge in [0.15, 0.2) is 0 Å². The number of carbonyl (C=O) groups excluding carboxylic acids is 2. The molecule has 134 valence electrons. The Morgan fingerprint density at radius 2 is 1.65 bits per heavy atom. The number of aliphatic imine (C=N–C) groups is 1. The molecule has 0 heterocycles. The molecule has 0 radical (unpaired) electrons. The molecule has 0 N–H and O–H groups in total. The molecule has 1 fully saturated rings. The topological polar surface area (TPSA) is 46.5 Å². The molecule has 0 spiro atoms. The van der Waals surface area contributed by atoms with Crippen molar-refractivity contribution in [2.24, 2.45) is 10.9 Å². The standard InChI is InChI=1S/C23H25NO2/c1-2-9-21(25)23-20(24-16-17-10-5-3-6-11-17)14-19(15-22(23)26)18-12-7-4-8-13-18/h3-8,10-13,19,23H,2,9,14-16H2,1H3/t19-,23+/m1/s1. The highest BCUT2D eigenvalue weighted by Crippen LogP contribution is 2.33. The fourth-order valence-corrected chi connectivity index (χ4v) is 3.64. The van der Waals surface area contributed by atoms with E-state index in [4.69, 9.17) is 4.99 Å². The van der Waals surface area contributed by atoms with E-state index in [2.05, 4.69) is 12.1 Å². The SMILES string of the molecule is CCCC(=O)[C@H]1C(=O)C[C@H](c2ccccc2)CC1=NCc1ccccc1. The van der Waals surface area contributed by atoms with Gasteiger partial charge < -0.3 is 0 Å². The van der Waals surface area contributed by atoms with Crippen molar-refractivity contribution in [3.05, 3.63) is 71.8 Å². The average molecular weight is 347 g/mol. The van der Waals surface area contributed by atoms with E-state index in [9.17, 15) is 9.59 Å². The largest absolute Gasteiger partial charge is 0.298 e. The molecule has 3 rings (SSSR count). The van der Waals surface area contributed by atoms with E-state index >= 15 is 0 Å². The smallest absolute Gasteiger partial charge is 0.149 e. The molecule has 2 aromatic rings. The third kappa shape index (κ3) is 4.34. The number of hydrogen-bond donors (Lipinski definition) is 0. The van der Waals surface area contributed by atoms with E-state index in [0.717, 1.165) is 23.3 Å². The summed E-state index contributed by atoms with van der Waals surface area (Å²) in [5.74, 6) is -0.478. The molecule has 2 aromatic carbocycles. The average Bonchev–Trinajstić information content (AvgIpc) is 2.67. The van der Waals surface area contributed by atoms with Gasteiger partial charge in [-0.2, -0.15) is 0 Å². The Kier molecular flexibility index (Phi) is 6.11. The van der Waals surface area contributed by atoms with Crippen LogP contribution in [0.25, 0.3) is 0 Å². The fourth-order valence-electron chi connectivity index (χ4n) is 3.64. The lowest BCUT2D eigenvalue weighted by molar-refractivity contribution is -0.130. The molecule has 3 heteroatoms. The lowest BCUT2D eigenvalue weighted by Crippen LogP contribution is -2.38. The maximum Gasteiger partial charge on any atom is 0.149 e. The highest BCUT2D eigenvalue weighted by atomic mass is 16.2. The number of carbonyl (C=O) groups is 2. The van der Waals surface area contributed by atoms with Gasteiger partial charge >= 0.3 is 0 Å². The van der Waals surface area contributed by atoms with Gasteiger partial charge in [0, 0.05) is 18.6 Å². The molecule has 1 aliphatic carbocycles.